The molecule has 5 heteroatoms. The summed E-state index contributed by atoms with van der Waals surface area (Å²) in [6, 6.07) is 9.60. The molecule has 0 heterocycles. The summed E-state index contributed by atoms with van der Waals surface area (Å²) in [6.07, 6.45) is 0. The molecule has 2 rings (SSSR count). The Kier molecular flexibility index (Phi) is 4.25. The van der Waals surface area contributed by atoms with E-state index in [0.717, 1.165) is 16.8 Å². The predicted molar refractivity (Wildman–Crippen MR) is 78.4 cm³/mol. The Morgan fingerprint density at radius 1 is 1.35 bits per heavy atom. The van der Waals surface area contributed by atoms with Crippen molar-refractivity contribution in [3.8, 4) is 0 Å². The van der Waals surface area contributed by atoms with E-state index in [9.17, 15) is 9.18 Å². The molecule has 2 aromatic carbocycles. The maximum absolute atomic E-state index is 13.2. The minimum Gasteiger partial charge on any atom is -0.381 e. The van der Waals surface area contributed by atoms with Gasteiger partial charge in [-0.05, 0) is 48.4 Å². The van der Waals surface area contributed by atoms with Gasteiger partial charge in [0.15, 0.2) is 0 Å². The fourth-order valence-electron chi connectivity index (χ4n) is 2.00. The van der Waals surface area contributed by atoms with Crippen molar-refractivity contribution >= 4 is 23.2 Å². The molecule has 3 N–H and O–H groups in total. The fraction of sp³-hybridized carbons (Fsp3) is 0.133. The average Bonchev–Trinajstić information content (AvgIpc) is 2.36. The predicted octanol–water partition coefficient (Wildman–Crippen LogP) is 3.50. The highest BCUT2D eigenvalue weighted by Crippen LogP contribution is 2.20. The summed E-state index contributed by atoms with van der Waals surface area (Å²) in [7, 11) is 0. The second-order valence-electron chi connectivity index (χ2n) is 4.47. The highest BCUT2D eigenvalue weighted by molar-refractivity contribution is 6.30. The molecule has 0 aromatic heterocycles. The van der Waals surface area contributed by atoms with Crippen LogP contribution >= 0.6 is 11.6 Å². The van der Waals surface area contributed by atoms with Crippen LogP contribution in [-0.4, -0.2) is 5.91 Å². The molecule has 0 saturated carbocycles. The van der Waals surface area contributed by atoms with Crippen molar-refractivity contribution < 1.29 is 9.18 Å². The zero-order chi connectivity index (χ0) is 14.7. The van der Waals surface area contributed by atoms with Gasteiger partial charge in [-0.15, -0.1) is 0 Å². The summed E-state index contributed by atoms with van der Waals surface area (Å²) in [5, 5.41) is 3.50. The van der Waals surface area contributed by atoms with Crippen LogP contribution < -0.4 is 11.1 Å². The molecule has 0 aliphatic rings. The Balaban J connectivity index is 2.19. The summed E-state index contributed by atoms with van der Waals surface area (Å²) in [5.74, 6) is -0.850. The van der Waals surface area contributed by atoms with E-state index in [1.807, 2.05) is 6.07 Å². The lowest BCUT2D eigenvalue weighted by atomic mass is 10.1. The number of carbonyl (C=O) groups is 1. The van der Waals surface area contributed by atoms with Crippen LogP contribution in [0.5, 0.6) is 0 Å². The molecule has 0 aliphatic carbocycles. The number of benzene rings is 2. The first-order valence-corrected chi connectivity index (χ1v) is 6.43. The van der Waals surface area contributed by atoms with Crippen molar-refractivity contribution in [2.45, 2.75) is 13.5 Å². The van der Waals surface area contributed by atoms with Crippen molar-refractivity contribution in [3.05, 3.63) is 63.9 Å². The number of nitrogens with one attached hydrogen (secondary N) is 1. The Labute approximate surface area is 121 Å². The Morgan fingerprint density at radius 2 is 2.10 bits per heavy atom. The third-order valence-electron chi connectivity index (χ3n) is 3.00. The maximum Gasteiger partial charge on any atom is 0.249 e. The quantitative estimate of drug-likeness (QED) is 0.906. The van der Waals surface area contributed by atoms with Gasteiger partial charge in [0.25, 0.3) is 0 Å². The lowest BCUT2D eigenvalue weighted by Gasteiger charge is -2.12. The fourth-order valence-corrected chi connectivity index (χ4v) is 2.25. The molecular weight excluding hydrogens is 279 g/mol. The van der Waals surface area contributed by atoms with Crippen molar-refractivity contribution in [2.24, 2.45) is 5.73 Å². The van der Waals surface area contributed by atoms with Gasteiger partial charge in [-0.3, -0.25) is 4.79 Å². The SMILES string of the molecule is Cc1c(NCc2cc(F)cc(Cl)c2)cccc1C(N)=O. The van der Waals surface area contributed by atoms with Crippen LogP contribution in [0.1, 0.15) is 21.5 Å². The average molecular weight is 293 g/mol. The number of rotatable bonds is 4. The van der Waals surface area contributed by atoms with E-state index in [1.54, 1.807) is 25.1 Å². The summed E-state index contributed by atoms with van der Waals surface area (Å²) >= 11 is 5.80. The molecule has 0 saturated heterocycles. The third kappa shape index (κ3) is 3.27. The van der Waals surface area contributed by atoms with Crippen LogP contribution in [-0.2, 0) is 6.54 Å². The second-order valence-corrected chi connectivity index (χ2v) is 4.91. The Morgan fingerprint density at radius 3 is 2.75 bits per heavy atom. The van der Waals surface area contributed by atoms with Gasteiger partial charge in [-0.25, -0.2) is 4.39 Å². The monoisotopic (exact) mass is 292 g/mol. The minimum absolute atomic E-state index is 0.351. The Hall–Kier alpha value is -2.07. The van der Waals surface area contributed by atoms with Gasteiger partial charge in [0, 0.05) is 22.8 Å². The molecule has 1 amide bonds. The number of primary amides is 1. The van der Waals surface area contributed by atoms with Gasteiger partial charge in [0.05, 0.1) is 0 Å². The molecule has 0 bridgehead atoms. The molecule has 20 heavy (non-hydrogen) atoms. The number of halogens is 2. The number of hydrogen-bond acceptors (Lipinski definition) is 2. The van der Waals surface area contributed by atoms with E-state index >= 15 is 0 Å². The smallest absolute Gasteiger partial charge is 0.249 e. The molecule has 0 fully saturated rings. The number of hydrogen-bond donors (Lipinski definition) is 2. The molecule has 2 aromatic rings. The highest BCUT2D eigenvalue weighted by atomic mass is 35.5. The summed E-state index contributed by atoms with van der Waals surface area (Å²) in [4.78, 5) is 11.3. The van der Waals surface area contributed by atoms with Gasteiger partial charge in [0.1, 0.15) is 5.82 Å². The molecule has 3 nitrogen and oxygen atoms in total. The minimum atomic E-state index is -0.472. The van der Waals surface area contributed by atoms with E-state index in [1.165, 1.54) is 12.1 Å². The summed E-state index contributed by atoms with van der Waals surface area (Å²) in [5.41, 5.74) is 8.03. The van der Waals surface area contributed by atoms with Crippen LogP contribution in [0.3, 0.4) is 0 Å². The van der Waals surface area contributed by atoms with E-state index < -0.39 is 5.91 Å². The second kappa shape index (κ2) is 5.92. The molecule has 0 atom stereocenters. The van der Waals surface area contributed by atoms with E-state index in [4.69, 9.17) is 17.3 Å². The van der Waals surface area contributed by atoms with Crippen LogP contribution in [0.4, 0.5) is 10.1 Å². The number of anilines is 1. The standard InChI is InChI=1S/C15H14ClFN2O/c1-9-13(15(18)20)3-2-4-14(9)19-8-10-5-11(16)7-12(17)6-10/h2-7,19H,8H2,1H3,(H2,18,20). The number of nitrogens with two attached hydrogens (primary N) is 1. The Bertz CT molecular complexity index is 638. The topological polar surface area (TPSA) is 55.1 Å². The van der Waals surface area contributed by atoms with Gasteiger partial charge < -0.3 is 11.1 Å². The van der Waals surface area contributed by atoms with Crippen LogP contribution in [0, 0.1) is 12.7 Å². The molecule has 0 aliphatic heterocycles. The van der Waals surface area contributed by atoms with E-state index in [2.05, 4.69) is 5.32 Å². The first kappa shape index (κ1) is 14.3. The van der Waals surface area contributed by atoms with Gasteiger partial charge in [0.2, 0.25) is 5.91 Å². The third-order valence-corrected chi connectivity index (χ3v) is 3.22. The van der Waals surface area contributed by atoms with Gasteiger partial charge in [-0.2, -0.15) is 0 Å². The lowest BCUT2D eigenvalue weighted by molar-refractivity contribution is 0.1000. The maximum atomic E-state index is 13.2. The largest absolute Gasteiger partial charge is 0.381 e. The normalized spacial score (nSPS) is 10.3. The van der Waals surface area contributed by atoms with E-state index in [0.29, 0.717) is 17.1 Å². The van der Waals surface area contributed by atoms with Gasteiger partial charge in [-0.1, -0.05) is 17.7 Å². The molecular formula is C15H14ClFN2O. The van der Waals surface area contributed by atoms with Crippen molar-refractivity contribution in [1.82, 2.24) is 0 Å². The molecule has 0 spiro atoms. The van der Waals surface area contributed by atoms with Crippen LogP contribution in [0.25, 0.3) is 0 Å². The lowest BCUT2D eigenvalue weighted by Crippen LogP contribution is -2.13. The van der Waals surface area contributed by atoms with Crippen molar-refractivity contribution in [1.29, 1.82) is 0 Å². The van der Waals surface area contributed by atoms with Gasteiger partial charge >= 0.3 is 0 Å². The van der Waals surface area contributed by atoms with Crippen molar-refractivity contribution in [2.75, 3.05) is 5.32 Å². The summed E-state index contributed by atoms with van der Waals surface area (Å²) < 4.78 is 13.2. The van der Waals surface area contributed by atoms with Crippen molar-refractivity contribution in [3.63, 3.8) is 0 Å². The number of carbonyl (C=O) groups excluding carboxylic acids is 1. The first-order valence-electron chi connectivity index (χ1n) is 6.05. The summed E-state index contributed by atoms with van der Waals surface area (Å²) in [6.45, 7) is 2.21. The van der Waals surface area contributed by atoms with Crippen LogP contribution in [0.15, 0.2) is 36.4 Å². The van der Waals surface area contributed by atoms with Crippen LogP contribution in [0.2, 0.25) is 5.02 Å². The number of amides is 1. The molecule has 0 radical (unpaired) electrons. The first-order chi connectivity index (χ1) is 9.47. The zero-order valence-corrected chi connectivity index (χ0v) is 11.7. The molecule has 0 unspecified atom stereocenters. The highest BCUT2D eigenvalue weighted by Gasteiger charge is 2.08. The van der Waals surface area contributed by atoms with E-state index in [-0.39, 0.29) is 5.82 Å². The zero-order valence-electron chi connectivity index (χ0n) is 10.9. The molecule has 104 valence electrons.